The molecule has 0 saturated carbocycles. The third-order valence-electron chi connectivity index (χ3n) is 1.75. The molecule has 2 rings (SSSR count). The number of anilines is 1. The quantitative estimate of drug-likeness (QED) is 0.630. The van der Waals surface area contributed by atoms with Crippen LogP contribution < -0.4 is 5.32 Å². The van der Waals surface area contributed by atoms with Crippen LogP contribution in [0.2, 0.25) is 0 Å². The van der Waals surface area contributed by atoms with Crippen LogP contribution in [-0.2, 0) is 4.79 Å². The largest absolute Gasteiger partial charge is 0.369 e. The van der Waals surface area contributed by atoms with Gasteiger partial charge in [0.05, 0.1) is 11.4 Å². The second-order valence-electron chi connectivity index (χ2n) is 2.60. The van der Waals surface area contributed by atoms with E-state index in [9.17, 15) is 4.79 Å². The van der Waals surface area contributed by atoms with Crippen LogP contribution in [0.15, 0.2) is 29.3 Å². The van der Waals surface area contributed by atoms with Gasteiger partial charge in [-0.1, -0.05) is 12.1 Å². The van der Waals surface area contributed by atoms with Gasteiger partial charge in [-0.15, -0.1) is 0 Å². The number of aliphatic imine (C=N–C) groups is 1. The van der Waals surface area contributed by atoms with Crippen molar-refractivity contribution >= 4 is 23.9 Å². The first kappa shape index (κ1) is 7.03. The molecule has 1 aromatic carbocycles. The number of nitrogens with one attached hydrogen (secondary N) is 1. The zero-order chi connectivity index (χ0) is 8.39. The lowest BCUT2D eigenvalue weighted by Gasteiger charge is -2.16. The van der Waals surface area contributed by atoms with Gasteiger partial charge in [-0.2, -0.15) is 0 Å². The Bertz CT molecular complexity index is 333. The Kier molecular flexibility index (Phi) is 1.63. The van der Waals surface area contributed by atoms with Crippen LogP contribution in [0.3, 0.4) is 0 Å². The van der Waals surface area contributed by atoms with Crippen molar-refractivity contribution in [3.05, 3.63) is 24.3 Å². The highest BCUT2D eigenvalue weighted by molar-refractivity contribution is 5.95. The molecule has 1 aromatic rings. The number of aldehydes is 1. The summed E-state index contributed by atoms with van der Waals surface area (Å²) >= 11 is 0. The average Bonchev–Trinajstić information content (AvgIpc) is 2.17. The number of benzene rings is 1. The standard InChI is InChI=1S/C9H8N2O/c12-6-7-5-10-8-3-1-2-4-9(8)11-7/h1-7,11H. The molecule has 0 spiro atoms. The number of fused-ring (bicyclic) bond motifs is 1. The Morgan fingerprint density at radius 2 is 2.25 bits per heavy atom. The van der Waals surface area contributed by atoms with E-state index < -0.39 is 0 Å². The van der Waals surface area contributed by atoms with Crippen molar-refractivity contribution in [1.29, 1.82) is 0 Å². The molecule has 3 nitrogen and oxygen atoms in total. The number of carbonyl (C=O) groups is 1. The van der Waals surface area contributed by atoms with Gasteiger partial charge in [-0.3, -0.25) is 4.99 Å². The van der Waals surface area contributed by atoms with Gasteiger partial charge in [0.15, 0.2) is 0 Å². The van der Waals surface area contributed by atoms with E-state index in [1.807, 2.05) is 24.3 Å². The van der Waals surface area contributed by atoms with Crippen molar-refractivity contribution in [2.75, 3.05) is 5.32 Å². The van der Waals surface area contributed by atoms with Gasteiger partial charge in [-0.25, -0.2) is 0 Å². The monoisotopic (exact) mass is 160 g/mol. The van der Waals surface area contributed by atoms with Crippen molar-refractivity contribution in [3.63, 3.8) is 0 Å². The van der Waals surface area contributed by atoms with E-state index in [0.717, 1.165) is 17.7 Å². The number of hydrogen-bond donors (Lipinski definition) is 1. The molecular weight excluding hydrogens is 152 g/mol. The molecule has 0 saturated heterocycles. The maximum absolute atomic E-state index is 10.4. The van der Waals surface area contributed by atoms with E-state index in [0.29, 0.717) is 0 Å². The summed E-state index contributed by atoms with van der Waals surface area (Å²) in [5.74, 6) is 0. The highest BCUT2D eigenvalue weighted by Gasteiger charge is 2.10. The number of nitrogens with zero attached hydrogens (tertiary/aromatic N) is 1. The van der Waals surface area contributed by atoms with Gasteiger partial charge in [0.2, 0.25) is 0 Å². The summed E-state index contributed by atoms with van der Waals surface area (Å²) in [5, 5.41) is 3.03. The van der Waals surface area contributed by atoms with Crippen molar-refractivity contribution in [2.24, 2.45) is 4.99 Å². The van der Waals surface area contributed by atoms with Crippen LogP contribution in [0.5, 0.6) is 0 Å². The molecule has 1 aliphatic rings. The third-order valence-corrected chi connectivity index (χ3v) is 1.75. The summed E-state index contributed by atoms with van der Waals surface area (Å²) in [5.41, 5.74) is 1.80. The molecule has 0 aliphatic carbocycles. The Balaban J connectivity index is 2.39. The maximum atomic E-state index is 10.4. The zero-order valence-corrected chi connectivity index (χ0v) is 6.40. The van der Waals surface area contributed by atoms with E-state index in [1.165, 1.54) is 0 Å². The van der Waals surface area contributed by atoms with E-state index in [1.54, 1.807) is 6.21 Å². The second-order valence-corrected chi connectivity index (χ2v) is 2.60. The third kappa shape index (κ3) is 1.09. The van der Waals surface area contributed by atoms with Crippen molar-refractivity contribution in [2.45, 2.75) is 6.04 Å². The van der Waals surface area contributed by atoms with Crippen LogP contribution in [-0.4, -0.2) is 18.5 Å². The van der Waals surface area contributed by atoms with Crippen molar-refractivity contribution in [3.8, 4) is 0 Å². The first-order valence-corrected chi connectivity index (χ1v) is 3.75. The fourth-order valence-electron chi connectivity index (χ4n) is 1.15. The molecule has 0 aromatic heterocycles. The van der Waals surface area contributed by atoms with E-state index in [2.05, 4.69) is 10.3 Å². The predicted molar refractivity (Wildman–Crippen MR) is 48.1 cm³/mol. The summed E-state index contributed by atoms with van der Waals surface area (Å²) in [4.78, 5) is 14.5. The highest BCUT2D eigenvalue weighted by atomic mass is 16.1. The number of rotatable bonds is 1. The summed E-state index contributed by atoms with van der Waals surface area (Å²) in [6.07, 6.45) is 2.44. The zero-order valence-electron chi connectivity index (χ0n) is 6.40. The van der Waals surface area contributed by atoms with Crippen LogP contribution in [0.25, 0.3) is 0 Å². The van der Waals surface area contributed by atoms with Gasteiger partial charge in [-0.05, 0) is 12.1 Å². The molecule has 1 unspecified atom stereocenters. The molecule has 0 bridgehead atoms. The maximum Gasteiger partial charge on any atom is 0.147 e. The fraction of sp³-hybridized carbons (Fsp3) is 0.111. The summed E-state index contributed by atoms with van der Waals surface area (Å²) < 4.78 is 0. The minimum atomic E-state index is -0.278. The van der Waals surface area contributed by atoms with Crippen molar-refractivity contribution < 1.29 is 4.79 Å². The number of hydrogen-bond acceptors (Lipinski definition) is 3. The molecule has 12 heavy (non-hydrogen) atoms. The van der Waals surface area contributed by atoms with E-state index in [-0.39, 0.29) is 6.04 Å². The minimum absolute atomic E-state index is 0.278. The predicted octanol–water partition coefficient (Wildman–Crippen LogP) is 1.38. The lowest BCUT2D eigenvalue weighted by Crippen LogP contribution is -2.24. The molecule has 1 heterocycles. The molecular formula is C9H8N2O. The minimum Gasteiger partial charge on any atom is -0.369 e. The summed E-state index contributed by atoms with van der Waals surface area (Å²) in [6, 6.07) is 7.36. The molecule has 60 valence electrons. The van der Waals surface area contributed by atoms with Gasteiger partial charge >= 0.3 is 0 Å². The molecule has 0 radical (unpaired) electrons. The normalized spacial score (nSPS) is 19.5. The molecule has 0 amide bonds. The molecule has 1 N–H and O–H groups in total. The van der Waals surface area contributed by atoms with Crippen LogP contribution in [0.1, 0.15) is 0 Å². The lowest BCUT2D eigenvalue weighted by molar-refractivity contribution is -0.107. The second kappa shape index (κ2) is 2.77. The first-order valence-electron chi connectivity index (χ1n) is 3.75. The summed E-state index contributed by atoms with van der Waals surface area (Å²) in [7, 11) is 0. The summed E-state index contributed by atoms with van der Waals surface area (Å²) in [6.45, 7) is 0. The van der Waals surface area contributed by atoms with Gasteiger partial charge in [0.1, 0.15) is 12.3 Å². The van der Waals surface area contributed by atoms with E-state index in [4.69, 9.17) is 0 Å². The lowest BCUT2D eigenvalue weighted by atomic mass is 10.2. The highest BCUT2D eigenvalue weighted by Crippen LogP contribution is 2.26. The molecule has 1 atom stereocenters. The smallest absolute Gasteiger partial charge is 0.147 e. The first-order chi connectivity index (χ1) is 5.90. The Morgan fingerprint density at radius 1 is 1.42 bits per heavy atom. The molecule has 3 heteroatoms. The Morgan fingerprint density at radius 3 is 3.08 bits per heavy atom. The fourth-order valence-corrected chi connectivity index (χ4v) is 1.15. The molecule has 0 fully saturated rings. The topological polar surface area (TPSA) is 41.5 Å². The van der Waals surface area contributed by atoms with Crippen LogP contribution >= 0.6 is 0 Å². The van der Waals surface area contributed by atoms with Crippen LogP contribution in [0, 0.1) is 0 Å². The molecule has 1 aliphatic heterocycles. The SMILES string of the molecule is O=CC1C=Nc2ccccc2N1. The van der Waals surface area contributed by atoms with Crippen LogP contribution in [0.4, 0.5) is 11.4 Å². The van der Waals surface area contributed by atoms with Gasteiger partial charge in [0, 0.05) is 6.21 Å². The Labute approximate surface area is 70.1 Å². The number of para-hydroxylation sites is 2. The average molecular weight is 160 g/mol. The van der Waals surface area contributed by atoms with Gasteiger partial charge in [0.25, 0.3) is 0 Å². The van der Waals surface area contributed by atoms with E-state index >= 15 is 0 Å². The Hall–Kier alpha value is -1.64. The van der Waals surface area contributed by atoms with Gasteiger partial charge < -0.3 is 10.1 Å². The number of carbonyl (C=O) groups excluding carboxylic acids is 1. The van der Waals surface area contributed by atoms with Crippen molar-refractivity contribution in [1.82, 2.24) is 0 Å².